The van der Waals surface area contributed by atoms with E-state index in [0.717, 1.165) is 11.1 Å². The van der Waals surface area contributed by atoms with E-state index >= 15 is 0 Å². The number of nitrogens with zero attached hydrogens (tertiary/aromatic N) is 1. The summed E-state index contributed by atoms with van der Waals surface area (Å²) in [5, 5.41) is 13.8. The Labute approximate surface area is 129 Å². The minimum atomic E-state index is -0.433. The number of aryl methyl sites for hydroxylation is 3. The molecule has 0 atom stereocenters. The molecule has 0 bridgehead atoms. The molecule has 0 radical (unpaired) electrons. The van der Waals surface area contributed by atoms with Gasteiger partial charge in [-0.3, -0.25) is 14.9 Å². The summed E-state index contributed by atoms with van der Waals surface area (Å²) in [5.74, 6) is -0.223. The fraction of sp³-hybridized carbons (Fsp3) is 0.235. The van der Waals surface area contributed by atoms with Crippen molar-refractivity contribution >= 4 is 11.6 Å². The van der Waals surface area contributed by atoms with Crippen molar-refractivity contribution in [1.29, 1.82) is 0 Å². The number of nitrogens with one attached hydrogen (secondary N) is 1. The molecule has 0 aliphatic carbocycles. The fourth-order valence-electron chi connectivity index (χ4n) is 2.32. The minimum Gasteiger partial charge on any atom is -0.348 e. The van der Waals surface area contributed by atoms with Crippen LogP contribution in [0.3, 0.4) is 0 Å². The maximum atomic E-state index is 12.3. The van der Waals surface area contributed by atoms with Gasteiger partial charge in [-0.1, -0.05) is 24.3 Å². The molecule has 5 nitrogen and oxygen atoms in total. The van der Waals surface area contributed by atoms with E-state index in [1.54, 1.807) is 19.9 Å². The van der Waals surface area contributed by atoms with E-state index in [4.69, 9.17) is 0 Å². The summed E-state index contributed by atoms with van der Waals surface area (Å²) >= 11 is 0. The molecule has 0 aliphatic rings. The maximum Gasteiger partial charge on any atom is 0.272 e. The van der Waals surface area contributed by atoms with Crippen LogP contribution >= 0.6 is 0 Å². The van der Waals surface area contributed by atoms with E-state index in [1.807, 2.05) is 31.2 Å². The SMILES string of the molecule is Cc1ccccc1CNC(=O)c1cc(C)c([N+](=O)[O-])cc1C. The predicted molar refractivity (Wildman–Crippen MR) is 84.9 cm³/mol. The molecule has 0 spiro atoms. The zero-order valence-corrected chi connectivity index (χ0v) is 12.8. The van der Waals surface area contributed by atoms with E-state index in [-0.39, 0.29) is 11.6 Å². The number of hydrogen-bond donors (Lipinski definition) is 1. The third-order valence-corrected chi connectivity index (χ3v) is 3.68. The molecule has 0 unspecified atom stereocenters. The first-order valence-electron chi connectivity index (χ1n) is 6.98. The van der Waals surface area contributed by atoms with Gasteiger partial charge in [-0.15, -0.1) is 0 Å². The Hall–Kier alpha value is -2.69. The summed E-state index contributed by atoms with van der Waals surface area (Å²) < 4.78 is 0. The van der Waals surface area contributed by atoms with Gasteiger partial charge in [-0.2, -0.15) is 0 Å². The maximum absolute atomic E-state index is 12.3. The van der Waals surface area contributed by atoms with Crippen molar-refractivity contribution in [2.75, 3.05) is 0 Å². The smallest absolute Gasteiger partial charge is 0.272 e. The number of carbonyl (C=O) groups excluding carboxylic acids is 1. The number of nitro groups is 1. The van der Waals surface area contributed by atoms with E-state index in [0.29, 0.717) is 23.2 Å². The quantitative estimate of drug-likeness (QED) is 0.694. The van der Waals surface area contributed by atoms with Crippen LogP contribution in [0.1, 0.15) is 32.6 Å². The third kappa shape index (κ3) is 3.31. The van der Waals surface area contributed by atoms with E-state index in [1.165, 1.54) is 6.07 Å². The molecule has 22 heavy (non-hydrogen) atoms. The Morgan fingerprint density at radius 1 is 1.09 bits per heavy atom. The van der Waals surface area contributed by atoms with E-state index in [2.05, 4.69) is 5.32 Å². The lowest BCUT2D eigenvalue weighted by Gasteiger charge is -2.10. The van der Waals surface area contributed by atoms with Crippen molar-refractivity contribution in [3.63, 3.8) is 0 Å². The highest BCUT2D eigenvalue weighted by Gasteiger charge is 2.17. The van der Waals surface area contributed by atoms with Crippen LogP contribution in [-0.2, 0) is 6.54 Å². The topological polar surface area (TPSA) is 72.2 Å². The molecular weight excluding hydrogens is 280 g/mol. The molecule has 1 N–H and O–H groups in total. The molecule has 114 valence electrons. The van der Waals surface area contributed by atoms with Crippen LogP contribution in [-0.4, -0.2) is 10.8 Å². The van der Waals surface area contributed by atoms with E-state index in [9.17, 15) is 14.9 Å². The summed E-state index contributed by atoms with van der Waals surface area (Å²) in [4.78, 5) is 22.8. The van der Waals surface area contributed by atoms with E-state index < -0.39 is 4.92 Å². The van der Waals surface area contributed by atoms with Crippen LogP contribution in [0, 0.1) is 30.9 Å². The van der Waals surface area contributed by atoms with Crippen LogP contribution < -0.4 is 5.32 Å². The Morgan fingerprint density at radius 2 is 1.77 bits per heavy atom. The molecule has 0 aromatic heterocycles. The number of rotatable bonds is 4. The van der Waals surface area contributed by atoms with Gasteiger partial charge in [-0.05, 0) is 43.5 Å². The van der Waals surface area contributed by atoms with Crippen molar-refractivity contribution in [1.82, 2.24) is 5.32 Å². The Kier molecular flexibility index (Phi) is 4.56. The van der Waals surface area contributed by atoms with Crippen molar-refractivity contribution in [2.24, 2.45) is 0 Å². The lowest BCUT2D eigenvalue weighted by atomic mass is 10.0. The summed E-state index contributed by atoms with van der Waals surface area (Å²) in [5.41, 5.74) is 3.74. The summed E-state index contributed by atoms with van der Waals surface area (Å²) in [6.45, 7) is 5.76. The first-order valence-corrected chi connectivity index (χ1v) is 6.98. The van der Waals surface area contributed by atoms with Crippen molar-refractivity contribution in [3.05, 3.63) is 74.3 Å². The van der Waals surface area contributed by atoms with Gasteiger partial charge in [0.05, 0.1) is 4.92 Å². The molecule has 2 aromatic carbocycles. The summed E-state index contributed by atoms with van der Waals surface area (Å²) in [7, 11) is 0. The van der Waals surface area contributed by atoms with Gasteiger partial charge in [0.1, 0.15) is 0 Å². The second kappa shape index (κ2) is 6.39. The first-order chi connectivity index (χ1) is 10.4. The normalized spacial score (nSPS) is 10.3. The number of carbonyl (C=O) groups is 1. The van der Waals surface area contributed by atoms with Crippen LogP contribution in [0.25, 0.3) is 0 Å². The largest absolute Gasteiger partial charge is 0.348 e. The van der Waals surface area contributed by atoms with Gasteiger partial charge in [-0.25, -0.2) is 0 Å². The van der Waals surface area contributed by atoms with Gasteiger partial charge < -0.3 is 5.32 Å². The molecule has 0 aliphatic heterocycles. The highest BCUT2D eigenvalue weighted by molar-refractivity contribution is 5.96. The van der Waals surface area contributed by atoms with Crippen molar-refractivity contribution in [3.8, 4) is 0 Å². The number of amides is 1. The Morgan fingerprint density at radius 3 is 2.41 bits per heavy atom. The molecule has 0 heterocycles. The Bertz CT molecular complexity index is 739. The molecule has 5 heteroatoms. The molecule has 0 saturated heterocycles. The van der Waals surface area contributed by atoms with Crippen molar-refractivity contribution in [2.45, 2.75) is 27.3 Å². The predicted octanol–water partition coefficient (Wildman–Crippen LogP) is 3.45. The first kappa shape index (κ1) is 15.7. The molecule has 2 aromatic rings. The number of nitro benzene ring substituents is 1. The summed E-state index contributed by atoms with van der Waals surface area (Å²) in [6.07, 6.45) is 0. The monoisotopic (exact) mass is 298 g/mol. The zero-order valence-electron chi connectivity index (χ0n) is 12.8. The van der Waals surface area contributed by atoms with Gasteiger partial charge in [0.15, 0.2) is 0 Å². The standard InChI is InChI=1S/C17H18N2O3/c1-11-6-4-5-7-14(11)10-18-17(20)15-8-13(3)16(19(21)22)9-12(15)2/h4-9H,10H2,1-3H3,(H,18,20). The lowest BCUT2D eigenvalue weighted by molar-refractivity contribution is -0.385. The lowest BCUT2D eigenvalue weighted by Crippen LogP contribution is -2.24. The van der Waals surface area contributed by atoms with Crippen molar-refractivity contribution < 1.29 is 9.72 Å². The van der Waals surface area contributed by atoms with Crippen LogP contribution in [0.4, 0.5) is 5.69 Å². The third-order valence-electron chi connectivity index (χ3n) is 3.68. The molecule has 0 fully saturated rings. The van der Waals surface area contributed by atoms with Crippen LogP contribution in [0.5, 0.6) is 0 Å². The number of hydrogen-bond acceptors (Lipinski definition) is 3. The number of benzene rings is 2. The fourth-order valence-corrected chi connectivity index (χ4v) is 2.32. The average molecular weight is 298 g/mol. The highest BCUT2D eigenvalue weighted by atomic mass is 16.6. The average Bonchev–Trinajstić information content (AvgIpc) is 2.47. The zero-order chi connectivity index (χ0) is 16.3. The molecule has 0 saturated carbocycles. The molecular formula is C17H18N2O3. The van der Waals surface area contributed by atoms with Gasteiger partial charge >= 0.3 is 0 Å². The second-order valence-electron chi connectivity index (χ2n) is 5.32. The van der Waals surface area contributed by atoms with Crippen LogP contribution in [0.15, 0.2) is 36.4 Å². The summed E-state index contributed by atoms with van der Waals surface area (Å²) in [6, 6.07) is 10.8. The second-order valence-corrected chi connectivity index (χ2v) is 5.32. The molecule has 1 amide bonds. The Balaban J connectivity index is 2.18. The van der Waals surface area contributed by atoms with Crippen LogP contribution in [0.2, 0.25) is 0 Å². The van der Waals surface area contributed by atoms with Gasteiger partial charge in [0.25, 0.3) is 11.6 Å². The van der Waals surface area contributed by atoms with Gasteiger partial charge in [0.2, 0.25) is 0 Å². The highest BCUT2D eigenvalue weighted by Crippen LogP contribution is 2.22. The van der Waals surface area contributed by atoms with Gasteiger partial charge in [0, 0.05) is 23.7 Å². The minimum absolute atomic E-state index is 0.0351. The molecule has 2 rings (SSSR count).